The zero-order chi connectivity index (χ0) is 15.9. The van der Waals surface area contributed by atoms with Crippen LogP contribution in [-0.4, -0.2) is 18.4 Å². The molecule has 0 spiro atoms. The maximum Gasteiger partial charge on any atom is 0.165 e. The molecule has 0 amide bonds. The Morgan fingerprint density at radius 3 is 2.50 bits per heavy atom. The van der Waals surface area contributed by atoms with Gasteiger partial charge in [0, 0.05) is 10.0 Å². The summed E-state index contributed by atoms with van der Waals surface area (Å²) in [6.45, 7) is 0. The Morgan fingerprint density at radius 2 is 1.86 bits per heavy atom. The molecule has 1 aliphatic rings. The van der Waals surface area contributed by atoms with Gasteiger partial charge in [0.25, 0.3) is 0 Å². The van der Waals surface area contributed by atoms with Crippen LogP contribution in [0.2, 0.25) is 0 Å². The molecule has 3 nitrogen and oxygen atoms in total. The van der Waals surface area contributed by atoms with E-state index < -0.39 is 16.6 Å². The smallest absolute Gasteiger partial charge is 0.165 e. The molecule has 1 atom stereocenters. The summed E-state index contributed by atoms with van der Waals surface area (Å²) in [7, 11) is 1.56. The van der Waals surface area contributed by atoms with E-state index in [9.17, 15) is 8.60 Å². The molecule has 114 valence electrons. The third-order valence-corrected chi connectivity index (χ3v) is 6.06. The van der Waals surface area contributed by atoms with E-state index in [0.717, 1.165) is 5.56 Å². The summed E-state index contributed by atoms with van der Waals surface area (Å²) >= 11 is 3.48. The number of rotatable bonds is 3. The number of methoxy groups -OCH3 is 2. The number of hydrogen-bond acceptors (Lipinski definition) is 3. The van der Waals surface area contributed by atoms with Crippen molar-refractivity contribution in [2.45, 2.75) is 4.90 Å². The van der Waals surface area contributed by atoms with Gasteiger partial charge in [-0.15, -0.1) is 0 Å². The van der Waals surface area contributed by atoms with E-state index in [1.54, 1.807) is 25.3 Å². The van der Waals surface area contributed by atoms with Gasteiger partial charge in [-0.05, 0) is 57.9 Å². The normalized spacial score (nSPS) is 16.6. The predicted octanol–water partition coefficient (Wildman–Crippen LogP) is 4.18. The van der Waals surface area contributed by atoms with Crippen molar-refractivity contribution < 1.29 is 18.1 Å². The van der Waals surface area contributed by atoms with Crippen molar-refractivity contribution >= 4 is 36.1 Å². The van der Waals surface area contributed by atoms with Gasteiger partial charge in [0.2, 0.25) is 0 Å². The summed E-state index contributed by atoms with van der Waals surface area (Å²) in [5.41, 5.74) is 1.38. The highest BCUT2D eigenvalue weighted by atomic mass is 79.9. The zero-order valence-electron chi connectivity index (χ0n) is 11.9. The second-order valence-electron chi connectivity index (χ2n) is 4.62. The van der Waals surface area contributed by atoms with Gasteiger partial charge >= 0.3 is 0 Å². The summed E-state index contributed by atoms with van der Waals surface area (Å²) in [5, 5.41) is 0. The summed E-state index contributed by atoms with van der Waals surface area (Å²) < 4.78 is 37.5. The number of fused-ring (bicyclic) bond motifs is 1. The molecule has 0 aliphatic carbocycles. The zero-order valence-corrected chi connectivity index (χ0v) is 14.3. The Labute approximate surface area is 138 Å². The minimum Gasteiger partial charge on any atom is -0.497 e. The van der Waals surface area contributed by atoms with Crippen LogP contribution in [0.5, 0.6) is 11.5 Å². The minimum absolute atomic E-state index is 0.156. The Hall–Kier alpha value is -1.66. The van der Waals surface area contributed by atoms with Crippen molar-refractivity contribution in [2.24, 2.45) is 0 Å². The molecular weight excluding hydrogens is 371 g/mol. The van der Waals surface area contributed by atoms with Gasteiger partial charge in [-0.1, -0.05) is 0 Å². The van der Waals surface area contributed by atoms with Crippen LogP contribution in [0.4, 0.5) is 4.39 Å². The van der Waals surface area contributed by atoms with Gasteiger partial charge < -0.3 is 9.47 Å². The van der Waals surface area contributed by atoms with Crippen LogP contribution in [0.25, 0.3) is 9.39 Å². The SMILES string of the molecule is COc1ccc2c(c1)S(=O)C(c1ccc(OC)c(F)c1)=C2Br. The first-order chi connectivity index (χ1) is 10.6. The van der Waals surface area contributed by atoms with Gasteiger partial charge in [-0.2, -0.15) is 0 Å². The molecule has 0 saturated carbocycles. The molecule has 0 aromatic heterocycles. The Morgan fingerprint density at radius 1 is 1.09 bits per heavy atom. The minimum atomic E-state index is -1.40. The topological polar surface area (TPSA) is 35.5 Å². The fourth-order valence-electron chi connectivity index (χ4n) is 2.32. The Bertz CT molecular complexity index is 817. The molecule has 2 aromatic rings. The average molecular weight is 383 g/mol. The fraction of sp³-hybridized carbons (Fsp3) is 0.125. The first-order valence-electron chi connectivity index (χ1n) is 6.40. The van der Waals surface area contributed by atoms with Crippen LogP contribution >= 0.6 is 15.9 Å². The molecule has 0 fully saturated rings. The second kappa shape index (κ2) is 5.85. The third kappa shape index (κ3) is 2.36. The fourth-order valence-corrected chi connectivity index (χ4v) is 4.89. The summed E-state index contributed by atoms with van der Waals surface area (Å²) in [6, 6.07) is 9.92. The molecule has 0 radical (unpaired) electrons. The first-order valence-corrected chi connectivity index (χ1v) is 8.35. The standard InChI is InChI=1S/C16H12BrFO3S/c1-20-10-4-5-11-14(8-10)22(19)16(15(11)17)9-3-6-13(21-2)12(18)7-9/h3-8H,1-2H3. The molecule has 0 saturated heterocycles. The van der Waals surface area contributed by atoms with E-state index in [4.69, 9.17) is 9.47 Å². The molecule has 1 heterocycles. The maximum atomic E-state index is 13.9. The predicted molar refractivity (Wildman–Crippen MR) is 88.1 cm³/mol. The maximum absolute atomic E-state index is 13.9. The van der Waals surface area contributed by atoms with E-state index in [1.165, 1.54) is 19.2 Å². The Balaban J connectivity index is 2.11. The number of hydrogen-bond donors (Lipinski definition) is 0. The quantitative estimate of drug-likeness (QED) is 0.798. The highest BCUT2D eigenvalue weighted by Gasteiger charge is 2.29. The molecule has 0 N–H and O–H groups in total. The summed E-state index contributed by atoms with van der Waals surface area (Å²) in [4.78, 5) is 1.20. The van der Waals surface area contributed by atoms with Gasteiger partial charge in [0.15, 0.2) is 11.6 Å². The van der Waals surface area contributed by atoms with E-state index in [-0.39, 0.29) is 5.75 Å². The van der Waals surface area contributed by atoms with Crippen LogP contribution < -0.4 is 9.47 Å². The van der Waals surface area contributed by atoms with Gasteiger partial charge in [-0.3, -0.25) is 0 Å². The van der Waals surface area contributed by atoms with Crippen molar-refractivity contribution in [1.29, 1.82) is 0 Å². The second-order valence-corrected chi connectivity index (χ2v) is 6.80. The van der Waals surface area contributed by atoms with Crippen molar-refractivity contribution in [2.75, 3.05) is 14.2 Å². The van der Waals surface area contributed by atoms with Crippen LogP contribution in [0.1, 0.15) is 11.1 Å². The van der Waals surface area contributed by atoms with Gasteiger partial charge in [-0.25, -0.2) is 8.60 Å². The summed E-state index contributed by atoms with van der Waals surface area (Å²) in [6.07, 6.45) is 0. The lowest BCUT2D eigenvalue weighted by atomic mass is 10.1. The lowest BCUT2D eigenvalue weighted by Crippen LogP contribution is -1.94. The number of benzene rings is 2. The van der Waals surface area contributed by atoms with Crippen LogP contribution in [0.15, 0.2) is 41.3 Å². The van der Waals surface area contributed by atoms with E-state index in [2.05, 4.69) is 15.9 Å². The molecule has 1 aliphatic heterocycles. The van der Waals surface area contributed by atoms with Crippen molar-refractivity contribution in [3.63, 3.8) is 0 Å². The molecule has 3 rings (SSSR count). The highest BCUT2D eigenvalue weighted by molar-refractivity contribution is 9.15. The summed E-state index contributed by atoms with van der Waals surface area (Å²) in [5.74, 6) is 0.302. The molecule has 1 unspecified atom stereocenters. The molecule has 6 heteroatoms. The first kappa shape index (κ1) is 15.2. The van der Waals surface area contributed by atoms with Gasteiger partial charge in [0.1, 0.15) is 5.75 Å². The molecule has 0 bridgehead atoms. The third-order valence-electron chi connectivity index (χ3n) is 3.42. The van der Waals surface area contributed by atoms with Crippen LogP contribution in [0, 0.1) is 5.82 Å². The van der Waals surface area contributed by atoms with E-state index >= 15 is 0 Å². The van der Waals surface area contributed by atoms with Crippen molar-refractivity contribution in [3.05, 3.63) is 53.3 Å². The van der Waals surface area contributed by atoms with Gasteiger partial charge in [0.05, 0.1) is 34.8 Å². The Kier molecular flexibility index (Phi) is 4.06. The van der Waals surface area contributed by atoms with Crippen molar-refractivity contribution in [3.8, 4) is 11.5 Å². The lowest BCUT2D eigenvalue weighted by molar-refractivity contribution is 0.386. The van der Waals surface area contributed by atoms with E-state index in [1.807, 2.05) is 6.07 Å². The molecule has 22 heavy (non-hydrogen) atoms. The average Bonchev–Trinajstić information content (AvgIpc) is 2.78. The van der Waals surface area contributed by atoms with Crippen molar-refractivity contribution in [1.82, 2.24) is 0 Å². The number of ether oxygens (including phenoxy) is 2. The largest absolute Gasteiger partial charge is 0.497 e. The molecule has 2 aromatic carbocycles. The monoisotopic (exact) mass is 382 g/mol. The number of halogens is 2. The van der Waals surface area contributed by atoms with Crippen LogP contribution in [0.3, 0.4) is 0 Å². The highest BCUT2D eigenvalue weighted by Crippen LogP contribution is 2.46. The molecular formula is C16H12BrFO3S. The van der Waals surface area contributed by atoms with E-state index in [0.29, 0.717) is 25.6 Å². The van der Waals surface area contributed by atoms with Crippen LogP contribution in [-0.2, 0) is 10.8 Å². The lowest BCUT2D eigenvalue weighted by Gasteiger charge is -2.06.